The Labute approximate surface area is 445 Å². The number of H-pyrrole nitrogens is 1. The minimum Gasteiger partial charge on any atom is -0.508 e. The maximum atomic E-state index is 14.8. The van der Waals surface area contributed by atoms with Crippen molar-refractivity contribution < 1.29 is 39.1 Å². The molecular weight excluding hydrogens is 957 g/mol. The van der Waals surface area contributed by atoms with Gasteiger partial charge in [0.2, 0.25) is 5.75 Å². The monoisotopic (exact) mass is 1030 g/mol. The minimum atomic E-state index is -0.849. The lowest BCUT2D eigenvalue weighted by molar-refractivity contribution is 0.0834. The highest BCUT2D eigenvalue weighted by Gasteiger charge is 2.46. The fourth-order valence-corrected chi connectivity index (χ4v) is 12.0. The number of hydrogen-bond donors (Lipinski definition) is 7. The van der Waals surface area contributed by atoms with Crippen molar-refractivity contribution in [2.75, 3.05) is 51.5 Å². The molecule has 1 saturated heterocycles. The van der Waals surface area contributed by atoms with E-state index < -0.39 is 18.1 Å². The van der Waals surface area contributed by atoms with Gasteiger partial charge in [-0.25, -0.2) is 4.99 Å². The van der Waals surface area contributed by atoms with Crippen LogP contribution >= 0.6 is 0 Å². The number of ether oxygens (including phenoxy) is 4. The number of nitrogens with zero attached hydrogens (tertiary/aromatic N) is 2. The second-order valence-corrected chi connectivity index (χ2v) is 20.9. The maximum absolute atomic E-state index is 14.8. The number of methoxy groups -OCH3 is 1. The first-order chi connectivity index (χ1) is 37.0. The van der Waals surface area contributed by atoms with E-state index in [4.69, 9.17) is 35.4 Å². The van der Waals surface area contributed by atoms with Crippen molar-refractivity contribution in [2.45, 2.75) is 101 Å². The largest absolute Gasteiger partial charge is 0.508 e. The predicted molar refractivity (Wildman–Crippen MR) is 298 cm³/mol. The molecule has 14 heteroatoms. The molecule has 4 unspecified atom stereocenters. The zero-order chi connectivity index (χ0) is 52.8. The highest BCUT2D eigenvalue weighted by Crippen LogP contribution is 2.54. The zero-order valence-electron chi connectivity index (χ0n) is 43.7. The number of aryl methyl sites for hydroxylation is 2. The number of ketones is 1. The third-order valence-electron chi connectivity index (χ3n) is 16.0. The van der Waals surface area contributed by atoms with E-state index in [2.05, 4.69) is 70.7 Å². The van der Waals surface area contributed by atoms with Crippen molar-refractivity contribution in [1.29, 1.82) is 0 Å². The lowest BCUT2D eigenvalue weighted by atomic mass is 9.63. The third-order valence-corrected chi connectivity index (χ3v) is 16.0. The molecule has 398 valence electrons. The fourth-order valence-electron chi connectivity index (χ4n) is 12.0. The number of phenolic OH excluding ortho intramolecular Hbond substituents is 1. The van der Waals surface area contributed by atoms with Crippen LogP contribution in [-0.2, 0) is 31.1 Å². The van der Waals surface area contributed by atoms with Crippen LogP contribution in [0, 0.1) is 5.92 Å². The molecule has 5 aromatic carbocycles. The summed E-state index contributed by atoms with van der Waals surface area (Å²) >= 11 is 0. The number of aromatic nitrogens is 1. The van der Waals surface area contributed by atoms with Crippen LogP contribution in [0.3, 0.4) is 0 Å². The van der Waals surface area contributed by atoms with Crippen LogP contribution in [-0.4, -0.2) is 90.8 Å². The number of aliphatic hydroxyl groups is 2. The Morgan fingerprint density at radius 1 is 0.947 bits per heavy atom. The van der Waals surface area contributed by atoms with Crippen molar-refractivity contribution in [2.24, 2.45) is 22.4 Å². The number of carbonyl (C=O) groups excluding carboxylic acids is 1. The smallest absolute Gasteiger partial charge is 0.204 e. The van der Waals surface area contributed by atoms with Gasteiger partial charge in [-0.15, -0.1) is 0 Å². The SMILES string of the molecule is CCc1cc2c([nH]1)N1CCNCC1C1(CCCCC1)c1ccc(c(N=C(N)N)c1)CC(CO)COc1c(c3c(c(OCCC(O)C=Cc4ccccc4)c1OC)C(=O)CC(c1ccc(O)cc1)O3)CCc1cccc-2c1. The van der Waals surface area contributed by atoms with E-state index in [9.17, 15) is 20.1 Å². The number of hydrogen-bond acceptors (Lipinski definition) is 11. The summed E-state index contributed by atoms with van der Waals surface area (Å²) in [5, 5.41) is 36.3. The van der Waals surface area contributed by atoms with Crippen LogP contribution in [0.25, 0.3) is 17.2 Å². The standard InChI is InChI=1S/C62H72N6O8/c1-3-46-34-50-43-14-10-13-40(31-43)16-24-49-56-55(52(72)35-53(76-56)42-18-22-47(70)23-19-42)58(74-30-25-48(71)21-15-39-11-6-4-7-12-39)59(73-2)57(49)75-38-41(37-69)32-44-17-20-45(33-51(44)67-61(63)64)62(26-8-5-9-27-62)54-36-65-28-29-68(54)60(50)66-46/h4,6-7,10-15,17-23,31,33-34,41,48,53-54,65-66,69-71H,3,5,8-9,16,24-30,32,35-38H2,1-2H3,(H4,63,64,67). The van der Waals surface area contributed by atoms with E-state index in [1.54, 1.807) is 30.3 Å². The number of rotatable bonds is 11. The summed E-state index contributed by atoms with van der Waals surface area (Å²) in [5.41, 5.74) is 21.9. The molecule has 1 saturated carbocycles. The van der Waals surface area contributed by atoms with Crippen LogP contribution in [0.1, 0.15) is 107 Å². The molecule has 6 aromatic rings. The Morgan fingerprint density at radius 2 is 1.76 bits per heavy atom. The molecule has 14 nitrogen and oxygen atoms in total. The highest BCUT2D eigenvalue weighted by molar-refractivity contribution is 6.04. The van der Waals surface area contributed by atoms with E-state index in [-0.39, 0.29) is 78.7 Å². The molecule has 0 radical (unpaired) electrons. The number of nitrogens with one attached hydrogen (secondary N) is 2. The van der Waals surface area contributed by atoms with Gasteiger partial charge in [0.05, 0.1) is 44.6 Å². The number of guanidine groups is 1. The van der Waals surface area contributed by atoms with Gasteiger partial charge >= 0.3 is 0 Å². The van der Waals surface area contributed by atoms with Gasteiger partial charge in [0.1, 0.15) is 29.0 Å². The Morgan fingerprint density at radius 3 is 2.53 bits per heavy atom. The Balaban J connectivity index is 1.12. The lowest BCUT2D eigenvalue weighted by Gasteiger charge is -2.51. The van der Waals surface area contributed by atoms with Crippen LogP contribution < -0.4 is 40.6 Å². The Bertz CT molecular complexity index is 3050. The summed E-state index contributed by atoms with van der Waals surface area (Å²) in [7, 11) is 1.53. The fraction of sp³-hybridized carbons (Fsp3) is 0.387. The van der Waals surface area contributed by atoms with Gasteiger partial charge in [0.25, 0.3) is 0 Å². The average molecular weight is 1030 g/mol. The molecule has 1 aromatic heterocycles. The molecule has 11 rings (SSSR count). The maximum Gasteiger partial charge on any atom is 0.204 e. The number of nitrogens with two attached hydrogens (primary N) is 2. The quantitative estimate of drug-likeness (QED) is 0.0478. The lowest BCUT2D eigenvalue weighted by Crippen LogP contribution is -2.61. The molecule has 5 heterocycles. The topological polar surface area (TPSA) is 210 Å². The van der Waals surface area contributed by atoms with Gasteiger partial charge in [0.15, 0.2) is 23.2 Å². The number of carbonyl (C=O) groups is 1. The van der Waals surface area contributed by atoms with Crippen molar-refractivity contribution in [3.8, 4) is 39.9 Å². The Kier molecular flexibility index (Phi) is 16.0. The Hall–Kier alpha value is -7.26. The van der Waals surface area contributed by atoms with Gasteiger partial charge in [-0.1, -0.05) is 117 Å². The number of piperazine rings is 1. The summed E-state index contributed by atoms with van der Waals surface area (Å²) in [4.78, 5) is 26.1. The summed E-state index contributed by atoms with van der Waals surface area (Å²) in [6.45, 7) is 4.52. The summed E-state index contributed by atoms with van der Waals surface area (Å²) in [6.07, 6.45) is 9.83. The van der Waals surface area contributed by atoms with Gasteiger partial charge in [-0.2, -0.15) is 0 Å². The molecule has 0 amide bonds. The number of phenols is 1. The molecular formula is C62H72N6O8. The summed E-state index contributed by atoms with van der Waals surface area (Å²) in [5.74, 6) is 1.51. The number of aliphatic imine (C=N–C) groups is 1. The van der Waals surface area contributed by atoms with Crippen molar-refractivity contribution in [3.63, 3.8) is 0 Å². The predicted octanol–water partition coefficient (Wildman–Crippen LogP) is 9.42. The van der Waals surface area contributed by atoms with Crippen LogP contribution in [0.5, 0.6) is 28.7 Å². The number of Topliss-reactive ketones (excluding diaryl/α,β-unsaturated/α-hetero) is 1. The van der Waals surface area contributed by atoms with E-state index in [0.29, 0.717) is 42.0 Å². The van der Waals surface area contributed by atoms with E-state index in [1.165, 1.54) is 19.1 Å². The molecule has 2 fully saturated rings. The molecule has 1 aliphatic carbocycles. The van der Waals surface area contributed by atoms with Gasteiger partial charge in [-0.3, -0.25) is 4.79 Å². The molecule has 76 heavy (non-hydrogen) atoms. The van der Waals surface area contributed by atoms with Crippen LogP contribution in [0.4, 0.5) is 11.5 Å². The zero-order valence-corrected chi connectivity index (χ0v) is 43.7. The van der Waals surface area contributed by atoms with Crippen LogP contribution in [0.15, 0.2) is 114 Å². The molecule has 4 atom stereocenters. The normalized spacial score (nSPS) is 19.8. The third kappa shape index (κ3) is 11.0. The second kappa shape index (κ2) is 23.3. The number of benzene rings is 5. The number of fused-ring (bicyclic) bond motifs is 7. The first-order valence-electron chi connectivity index (χ1n) is 27.1. The number of aromatic amines is 1. The van der Waals surface area contributed by atoms with E-state index >= 15 is 0 Å². The van der Waals surface area contributed by atoms with Crippen molar-refractivity contribution in [3.05, 3.63) is 154 Å². The van der Waals surface area contributed by atoms with Crippen molar-refractivity contribution in [1.82, 2.24) is 10.3 Å². The average Bonchev–Trinajstić information content (AvgIpc) is 3.92. The molecule has 1 spiro atoms. The van der Waals surface area contributed by atoms with Gasteiger partial charge in [0, 0.05) is 60.8 Å². The van der Waals surface area contributed by atoms with E-state index in [1.807, 2.05) is 36.4 Å². The molecule has 9 N–H and O–H groups in total. The highest BCUT2D eigenvalue weighted by atomic mass is 16.5. The second-order valence-electron chi connectivity index (χ2n) is 20.9. The number of aliphatic hydroxyl groups excluding tert-OH is 2. The van der Waals surface area contributed by atoms with Gasteiger partial charge in [-0.05, 0) is 96.2 Å². The number of anilines is 1. The van der Waals surface area contributed by atoms with E-state index in [0.717, 1.165) is 96.6 Å². The molecule has 4 bridgehead atoms. The summed E-state index contributed by atoms with van der Waals surface area (Å²) in [6, 6.07) is 34.1. The molecule has 5 aliphatic rings. The first-order valence-corrected chi connectivity index (χ1v) is 27.1. The van der Waals surface area contributed by atoms with Gasteiger partial charge < -0.3 is 60.9 Å². The first kappa shape index (κ1) is 52.2. The van der Waals surface area contributed by atoms with Crippen molar-refractivity contribution >= 4 is 29.3 Å². The molecule has 4 aliphatic heterocycles. The van der Waals surface area contributed by atoms with Crippen LogP contribution in [0.2, 0.25) is 0 Å². The summed E-state index contributed by atoms with van der Waals surface area (Å²) < 4.78 is 26.8. The number of aromatic hydroxyl groups is 1. The minimum absolute atomic E-state index is 0.00126.